The standard InChI is InChI=1S/C25H22BrNO3/c26-20-12-6-11-19(16-20)23(28)17-25(30)21-13-4-5-14-22(21)27(24(25)29)15-7-10-18-8-2-1-3-9-18/h1-6,8-9,11-14,16,30H,7,10,15,17H2/t25-/m1/s1. The number of hydrogen-bond donors (Lipinski definition) is 1. The van der Waals surface area contributed by atoms with Crippen LogP contribution < -0.4 is 4.90 Å². The van der Waals surface area contributed by atoms with Crippen molar-refractivity contribution in [3.63, 3.8) is 0 Å². The molecule has 30 heavy (non-hydrogen) atoms. The Balaban J connectivity index is 1.55. The molecule has 0 saturated carbocycles. The number of halogens is 1. The van der Waals surface area contributed by atoms with Crippen molar-refractivity contribution in [2.45, 2.75) is 24.9 Å². The summed E-state index contributed by atoms with van der Waals surface area (Å²) in [6, 6.07) is 24.3. The van der Waals surface area contributed by atoms with Crippen LogP contribution in [0, 0.1) is 0 Å². The van der Waals surface area contributed by atoms with Crippen LogP contribution in [0.15, 0.2) is 83.3 Å². The summed E-state index contributed by atoms with van der Waals surface area (Å²) in [5, 5.41) is 11.4. The van der Waals surface area contributed by atoms with Crippen molar-refractivity contribution in [3.8, 4) is 0 Å². The molecule has 0 aromatic heterocycles. The van der Waals surface area contributed by atoms with Crippen LogP contribution in [0.2, 0.25) is 0 Å². The molecule has 0 radical (unpaired) electrons. The normalized spacial score (nSPS) is 17.8. The minimum absolute atomic E-state index is 0.270. The van der Waals surface area contributed by atoms with Gasteiger partial charge < -0.3 is 10.0 Å². The van der Waals surface area contributed by atoms with E-state index in [1.54, 1.807) is 35.2 Å². The third-order valence-electron chi connectivity index (χ3n) is 5.49. The number of carbonyl (C=O) groups excluding carboxylic acids is 2. The van der Waals surface area contributed by atoms with Crippen molar-refractivity contribution in [2.75, 3.05) is 11.4 Å². The maximum absolute atomic E-state index is 13.3. The second-order valence-corrected chi connectivity index (χ2v) is 8.45. The van der Waals surface area contributed by atoms with Gasteiger partial charge in [0.2, 0.25) is 0 Å². The molecule has 0 fully saturated rings. The van der Waals surface area contributed by atoms with Crippen molar-refractivity contribution < 1.29 is 14.7 Å². The Bertz CT molecular complexity index is 1080. The number of aryl methyl sites for hydroxylation is 1. The lowest BCUT2D eigenvalue weighted by Gasteiger charge is -2.23. The molecular formula is C25H22BrNO3. The van der Waals surface area contributed by atoms with E-state index in [-0.39, 0.29) is 12.2 Å². The largest absolute Gasteiger partial charge is 0.375 e. The first kappa shape index (κ1) is 20.5. The Hall–Kier alpha value is -2.76. The number of fused-ring (bicyclic) bond motifs is 1. The van der Waals surface area contributed by atoms with Crippen LogP contribution in [0.5, 0.6) is 0 Å². The number of benzene rings is 3. The minimum Gasteiger partial charge on any atom is -0.375 e. The lowest BCUT2D eigenvalue weighted by atomic mass is 9.88. The first-order valence-electron chi connectivity index (χ1n) is 9.95. The fourth-order valence-electron chi connectivity index (χ4n) is 3.98. The number of Topliss-reactive ketones (excluding diaryl/α,β-unsaturated/α-hetero) is 1. The molecule has 1 aliphatic heterocycles. The number of hydrogen-bond acceptors (Lipinski definition) is 3. The summed E-state index contributed by atoms with van der Waals surface area (Å²) in [6.07, 6.45) is 1.32. The smallest absolute Gasteiger partial charge is 0.264 e. The summed E-state index contributed by atoms with van der Waals surface area (Å²) in [5.41, 5.74) is 1.00. The lowest BCUT2D eigenvalue weighted by Crippen LogP contribution is -2.42. The molecular weight excluding hydrogens is 442 g/mol. The number of ketones is 1. The van der Waals surface area contributed by atoms with Crippen LogP contribution in [-0.2, 0) is 16.8 Å². The van der Waals surface area contributed by atoms with Gasteiger partial charge in [-0.05, 0) is 36.6 Å². The molecule has 1 N–H and O–H groups in total. The van der Waals surface area contributed by atoms with E-state index in [0.29, 0.717) is 23.4 Å². The highest BCUT2D eigenvalue weighted by Crippen LogP contribution is 2.43. The highest BCUT2D eigenvalue weighted by atomic mass is 79.9. The molecule has 1 aliphatic rings. The molecule has 1 amide bonds. The molecule has 4 rings (SSSR count). The number of nitrogens with zero attached hydrogens (tertiary/aromatic N) is 1. The van der Waals surface area contributed by atoms with Crippen LogP contribution in [-0.4, -0.2) is 23.3 Å². The van der Waals surface area contributed by atoms with Gasteiger partial charge >= 0.3 is 0 Å². The number of anilines is 1. The van der Waals surface area contributed by atoms with Gasteiger partial charge in [-0.3, -0.25) is 9.59 Å². The van der Waals surface area contributed by atoms with E-state index < -0.39 is 11.5 Å². The molecule has 3 aromatic rings. The zero-order valence-electron chi connectivity index (χ0n) is 16.4. The van der Waals surface area contributed by atoms with Crippen molar-refractivity contribution >= 4 is 33.3 Å². The summed E-state index contributed by atoms with van der Waals surface area (Å²) in [4.78, 5) is 27.8. The molecule has 0 aliphatic carbocycles. The van der Waals surface area contributed by atoms with Gasteiger partial charge in [0.25, 0.3) is 5.91 Å². The quantitative estimate of drug-likeness (QED) is 0.507. The van der Waals surface area contributed by atoms with E-state index in [9.17, 15) is 14.7 Å². The summed E-state index contributed by atoms with van der Waals surface area (Å²) in [6.45, 7) is 0.484. The number of carbonyl (C=O) groups is 2. The molecule has 0 spiro atoms. The fraction of sp³-hybridized carbons (Fsp3) is 0.200. The van der Waals surface area contributed by atoms with Crippen LogP contribution in [0.1, 0.15) is 34.3 Å². The molecule has 3 aromatic carbocycles. The highest BCUT2D eigenvalue weighted by molar-refractivity contribution is 9.10. The van der Waals surface area contributed by atoms with Gasteiger partial charge in [0, 0.05) is 22.1 Å². The predicted molar refractivity (Wildman–Crippen MR) is 121 cm³/mol. The topological polar surface area (TPSA) is 57.6 Å². The van der Waals surface area contributed by atoms with E-state index in [0.717, 1.165) is 17.3 Å². The average Bonchev–Trinajstić information content (AvgIpc) is 2.96. The Morgan fingerprint density at radius 1 is 0.967 bits per heavy atom. The van der Waals surface area contributed by atoms with Gasteiger partial charge in [0.1, 0.15) is 0 Å². The monoisotopic (exact) mass is 463 g/mol. The maximum atomic E-state index is 13.3. The van der Waals surface area contributed by atoms with E-state index in [4.69, 9.17) is 0 Å². The van der Waals surface area contributed by atoms with Gasteiger partial charge in [-0.1, -0.05) is 76.6 Å². The van der Waals surface area contributed by atoms with Gasteiger partial charge in [0.15, 0.2) is 11.4 Å². The van der Waals surface area contributed by atoms with E-state index in [1.165, 1.54) is 5.56 Å². The first-order valence-corrected chi connectivity index (χ1v) is 10.7. The van der Waals surface area contributed by atoms with Crippen molar-refractivity contribution in [1.29, 1.82) is 0 Å². The highest BCUT2D eigenvalue weighted by Gasteiger charge is 2.50. The summed E-state index contributed by atoms with van der Waals surface area (Å²) in [7, 11) is 0. The van der Waals surface area contributed by atoms with Gasteiger partial charge in [-0.25, -0.2) is 0 Å². The maximum Gasteiger partial charge on any atom is 0.264 e. The molecule has 5 heteroatoms. The molecule has 1 atom stereocenters. The van der Waals surface area contributed by atoms with E-state index >= 15 is 0 Å². The summed E-state index contributed by atoms with van der Waals surface area (Å²) >= 11 is 3.36. The number of para-hydroxylation sites is 1. The fourth-order valence-corrected chi connectivity index (χ4v) is 4.38. The molecule has 0 unspecified atom stereocenters. The third kappa shape index (κ3) is 3.95. The predicted octanol–water partition coefficient (Wildman–Crippen LogP) is 4.89. The molecule has 0 bridgehead atoms. The number of rotatable bonds is 7. The van der Waals surface area contributed by atoms with E-state index in [2.05, 4.69) is 28.1 Å². The Morgan fingerprint density at radius 2 is 1.70 bits per heavy atom. The van der Waals surface area contributed by atoms with Crippen LogP contribution in [0.3, 0.4) is 0 Å². The number of amides is 1. The SMILES string of the molecule is O=C(C[C@]1(O)C(=O)N(CCCc2ccccc2)c2ccccc21)c1cccc(Br)c1. The Labute approximate surface area is 184 Å². The average molecular weight is 464 g/mol. The van der Waals surface area contributed by atoms with Crippen LogP contribution in [0.25, 0.3) is 0 Å². The molecule has 0 saturated heterocycles. The van der Waals surface area contributed by atoms with Crippen molar-refractivity contribution in [3.05, 3.63) is 100 Å². The molecule has 152 valence electrons. The zero-order valence-corrected chi connectivity index (χ0v) is 18.0. The van der Waals surface area contributed by atoms with Crippen LogP contribution in [0.4, 0.5) is 5.69 Å². The zero-order chi connectivity index (χ0) is 21.1. The van der Waals surface area contributed by atoms with Gasteiger partial charge in [-0.15, -0.1) is 0 Å². The first-order chi connectivity index (χ1) is 14.5. The lowest BCUT2D eigenvalue weighted by molar-refractivity contribution is -0.135. The van der Waals surface area contributed by atoms with Crippen LogP contribution >= 0.6 is 15.9 Å². The Morgan fingerprint density at radius 3 is 2.47 bits per heavy atom. The summed E-state index contributed by atoms with van der Waals surface area (Å²) < 4.78 is 0.779. The minimum atomic E-state index is -1.84. The molecule has 1 heterocycles. The Kier molecular flexibility index (Phi) is 5.84. The third-order valence-corrected chi connectivity index (χ3v) is 5.99. The number of aliphatic hydroxyl groups is 1. The van der Waals surface area contributed by atoms with E-state index in [1.807, 2.05) is 36.4 Å². The second kappa shape index (κ2) is 8.54. The summed E-state index contributed by atoms with van der Waals surface area (Å²) in [5.74, 6) is -0.701. The van der Waals surface area contributed by atoms with Crippen molar-refractivity contribution in [2.24, 2.45) is 0 Å². The van der Waals surface area contributed by atoms with Crippen molar-refractivity contribution in [1.82, 2.24) is 0 Å². The van der Waals surface area contributed by atoms with Gasteiger partial charge in [-0.2, -0.15) is 0 Å². The second-order valence-electron chi connectivity index (χ2n) is 7.53. The molecule has 4 nitrogen and oxygen atoms in total. The van der Waals surface area contributed by atoms with Gasteiger partial charge in [0.05, 0.1) is 12.1 Å².